The standard InChI is InChI=1S/C21H30FN3O2/c1-16(15-24-10-2-3-11-24)14-23-20(26)17-8-12-25(13-9-17)21(27)18-4-6-19(22)7-5-18/h4-7,16-17H,2-3,8-15H2,1H3,(H,23,26). The average molecular weight is 375 g/mol. The van der Waals surface area contributed by atoms with E-state index in [-0.39, 0.29) is 23.5 Å². The number of hydrogen-bond acceptors (Lipinski definition) is 3. The van der Waals surface area contributed by atoms with Crippen LogP contribution in [0.3, 0.4) is 0 Å². The van der Waals surface area contributed by atoms with E-state index in [9.17, 15) is 14.0 Å². The summed E-state index contributed by atoms with van der Waals surface area (Å²) >= 11 is 0. The average Bonchev–Trinajstić information content (AvgIpc) is 3.19. The van der Waals surface area contributed by atoms with Crippen molar-refractivity contribution in [2.24, 2.45) is 11.8 Å². The van der Waals surface area contributed by atoms with Crippen LogP contribution in [0.5, 0.6) is 0 Å². The summed E-state index contributed by atoms with van der Waals surface area (Å²) in [6.45, 7) is 7.43. The number of likely N-dealkylation sites (tertiary alicyclic amines) is 2. The number of carbonyl (C=O) groups is 2. The monoisotopic (exact) mass is 375 g/mol. The predicted molar refractivity (Wildman–Crippen MR) is 103 cm³/mol. The second-order valence-electron chi connectivity index (χ2n) is 7.93. The van der Waals surface area contributed by atoms with Crippen LogP contribution in [0.1, 0.15) is 43.0 Å². The highest BCUT2D eigenvalue weighted by Gasteiger charge is 2.28. The van der Waals surface area contributed by atoms with Crippen molar-refractivity contribution in [1.82, 2.24) is 15.1 Å². The van der Waals surface area contributed by atoms with Crippen LogP contribution in [0, 0.1) is 17.7 Å². The maximum absolute atomic E-state index is 13.0. The third kappa shape index (κ3) is 5.51. The number of amides is 2. The zero-order valence-corrected chi connectivity index (χ0v) is 16.1. The number of nitrogens with zero attached hydrogens (tertiary/aromatic N) is 2. The van der Waals surface area contributed by atoms with Crippen LogP contribution in [-0.4, -0.2) is 60.9 Å². The molecule has 6 heteroatoms. The fourth-order valence-corrected chi connectivity index (χ4v) is 4.01. The molecule has 0 radical (unpaired) electrons. The van der Waals surface area contributed by atoms with Crippen molar-refractivity contribution in [3.8, 4) is 0 Å². The number of nitrogens with one attached hydrogen (secondary N) is 1. The maximum atomic E-state index is 13.0. The van der Waals surface area contributed by atoms with Crippen LogP contribution in [0.2, 0.25) is 0 Å². The molecule has 1 unspecified atom stereocenters. The second kappa shape index (κ2) is 9.31. The van der Waals surface area contributed by atoms with E-state index in [1.165, 1.54) is 50.2 Å². The zero-order chi connectivity index (χ0) is 19.2. The van der Waals surface area contributed by atoms with Gasteiger partial charge in [-0.2, -0.15) is 0 Å². The summed E-state index contributed by atoms with van der Waals surface area (Å²) in [5, 5.41) is 3.10. The van der Waals surface area contributed by atoms with Crippen LogP contribution in [-0.2, 0) is 4.79 Å². The third-order valence-electron chi connectivity index (χ3n) is 5.64. The molecule has 1 N–H and O–H groups in total. The minimum atomic E-state index is -0.346. The van der Waals surface area contributed by atoms with Crippen molar-refractivity contribution in [1.29, 1.82) is 0 Å². The van der Waals surface area contributed by atoms with Gasteiger partial charge in [0.1, 0.15) is 5.82 Å². The van der Waals surface area contributed by atoms with Gasteiger partial charge in [0.15, 0.2) is 0 Å². The Kier molecular flexibility index (Phi) is 6.83. The second-order valence-corrected chi connectivity index (χ2v) is 7.93. The minimum Gasteiger partial charge on any atom is -0.356 e. The quantitative estimate of drug-likeness (QED) is 0.831. The first-order valence-corrected chi connectivity index (χ1v) is 10.1. The van der Waals surface area contributed by atoms with E-state index in [0.717, 1.165) is 6.54 Å². The van der Waals surface area contributed by atoms with E-state index in [0.29, 0.717) is 44.0 Å². The molecule has 2 saturated heterocycles. The topological polar surface area (TPSA) is 52.7 Å². The van der Waals surface area contributed by atoms with Crippen LogP contribution in [0.25, 0.3) is 0 Å². The first-order chi connectivity index (χ1) is 13.0. The Morgan fingerprint density at radius 3 is 2.37 bits per heavy atom. The predicted octanol–water partition coefficient (Wildman–Crippen LogP) is 2.53. The molecular formula is C21H30FN3O2. The Morgan fingerprint density at radius 1 is 1.11 bits per heavy atom. The van der Waals surface area contributed by atoms with Crippen LogP contribution < -0.4 is 5.32 Å². The minimum absolute atomic E-state index is 0.0266. The van der Waals surface area contributed by atoms with E-state index in [2.05, 4.69) is 17.1 Å². The Hall–Kier alpha value is -1.95. The van der Waals surface area contributed by atoms with E-state index in [1.807, 2.05) is 0 Å². The molecule has 148 valence electrons. The number of piperidine rings is 1. The molecule has 27 heavy (non-hydrogen) atoms. The first kappa shape index (κ1) is 19.8. The number of hydrogen-bond donors (Lipinski definition) is 1. The van der Waals surface area contributed by atoms with E-state index >= 15 is 0 Å². The van der Waals surface area contributed by atoms with Crippen molar-refractivity contribution in [2.75, 3.05) is 39.3 Å². The summed E-state index contributed by atoms with van der Waals surface area (Å²) in [6, 6.07) is 5.63. The van der Waals surface area contributed by atoms with E-state index in [4.69, 9.17) is 0 Å². The summed E-state index contributed by atoms with van der Waals surface area (Å²) < 4.78 is 13.0. The molecule has 2 aliphatic heterocycles. The van der Waals surface area contributed by atoms with Crippen molar-refractivity contribution in [3.63, 3.8) is 0 Å². The van der Waals surface area contributed by atoms with Gasteiger partial charge < -0.3 is 15.1 Å². The summed E-state index contributed by atoms with van der Waals surface area (Å²) in [5.74, 6) is 0.0968. The van der Waals surface area contributed by atoms with Crippen LogP contribution in [0.15, 0.2) is 24.3 Å². The van der Waals surface area contributed by atoms with Gasteiger partial charge in [-0.3, -0.25) is 9.59 Å². The lowest BCUT2D eigenvalue weighted by Gasteiger charge is -2.31. The fourth-order valence-electron chi connectivity index (χ4n) is 4.01. The van der Waals surface area contributed by atoms with Crippen LogP contribution >= 0.6 is 0 Å². The number of halogens is 1. The van der Waals surface area contributed by atoms with Crippen LogP contribution in [0.4, 0.5) is 4.39 Å². The molecule has 0 aromatic heterocycles. The molecule has 0 aliphatic carbocycles. The van der Waals surface area contributed by atoms with Gasteiger partial charge in [0.05, 0.1) is 0 Å². The highest BCUT2D eigenvalue weighted by molar-refractivity contribution is 5.94. The van der Waals surface area contributed by atoms with Crippen molar-refractivity contribution < 1.29 is 14.0 Å². The number of rotatable bonds is 6. The normalized spacial score (nSPS) is 19.9. The largest absolute Gasteiger partial charge is 0.356 e. The Balaban J connectivity index is 1.39. The summed E-state index contributed by atoms with van der Waals surface area (Å²) in [5.41, 5.74) is 0.495. The smallest absolute Gasteiger partial charge is 0.253 e. The Labute approximate surface area is 160 Å². The lowest BCUT2D eigenvalue weighted by molar-refractivity contribution is -0.126. The van der Waals surface area contributed by atoms with Gasteiger partial charge in [-0.05, 0) is 69.0 Å². The Morgan fingerprint density at radius 2 is 1.74 bits per heavy atom. The molecule has 1 aromatic carbocycles. The molecule has 2 fully saturated rings. The molecule has 0 saturated carbocycles. The zero-order valence-electron chi connectivity index (χ0n) is 16.1. The summed E-state index contributed by atoms with van der Waals surface area (Å²) in [6.07, 6.45) is 3.93. The van der Waals surface area contributed by atoms with Gasteiger partial charge in [-0.1, -0.05) is 6.92 Å². The van der Waals surface area contributed by atoms with Gasteiger partial charge in [0.2, 0.25) is 5.91 Å². The molecule has 1 atom stereocenters. The summed E-state index contributed by atoms with van der Waals surface area (Å²) in [7, 11) is 0. The molecule has 1 aromatic rings. The lowest BCUT2D eigenvalue weighted by atomic mass is 9.95. The first-order valence-electron chi connectivity index (χ1n) is 10.1. The SMILES string of the molecule is CC(CNC(=O)C1CCN(C(=O)c2ccc(F)cc2)CC1)CN1CCCC1. The van der Waals surface area contributed by atoms with Gasteiger partial charge in [0, 0.05) is 37.7 Å². The van der Waals surface area contributed by atoms with Gasteiger partial charge in [-0.15, -0.1) is 0 Å². The number of carbonyl (C=O) groups excluding carboxylic acids is 2. The highest BCUT2D eigenvalue weighted by atomic mass is 19.1. The molecule has 0 bridgehead atoms. The van der Waals surface area contributed by atoms with Gasteiger partial charge >= 0.3 is 0 Å². The van der Waals surface area contributed by atoms with Gasteiger partial charge in [0.25, 0.3) is 5.91 Å². The van der Waals surface area contributed by atoms with Crippen molar-refractivity contribution >= 4 is 11.8 Å². The van der Waals surface area contributed by atoms with Crippen molar-refractivity contribution in [2.45, 2.75) is 32.6 Å². The Bertz CT molecular complexity index is 635. The third-order valence-corrected chi connectivity index (χ3v) is 5.64. The van der Waals surface area contributed by atoms with Crippen molar-refractivity contribution in [3.05, 3.63) is 35.6 Å². The number of benzene rings is 1. The lowest BCUT2D eigenvalue weighted by Crippen LogP contribution is -2.44. The maximum Gasteiger partial charge on any atom is 0.253 e. The molecular weight excluding hydrogens is 345 g/mol. The van der Waals surface area contributed by atoms with E-state index < -0.39 is 0 Å². The summed E-state index contributed by atoms with van der Waals surface area (Å²) in [4.78, 5) is 29.1. The molecule has 2 amide bonds. The molecule has 2 heterocycles. The fraction of sp³-hybridized carbons (Fsp3) is 0.619. The van der Waals surface area contributed by atoms with Gasteiger partial charge in [-0.25, -0.2) is 4.39 Å². The molecule has 3 rings (SSSR count). The highest BCUT2D eigenvalue weighted by Crippen LogP contribution is 2.20. The molecule has 2 aliphatic rings. The van der Waals surface area contributed by atoms with E-state index in [1.54, 1.807) is 4.90 Å². The molecule has 5 nitrogen and oxygen atoms in total. The molecule has 0 spiro atoms.